The molecule has 1 unspecified atom stereocenters. The van der Waals surface area contributed by atoms with Crippen LogP contribution in [-0.2, 0) is 0 Å². The van der Waals surface area contributed by atoms with Crippen molar-refractivity contribution in [2.45, 2.75) is 25.3 Å². The topological polar surface area (TPSA) is 132 Å². The number of Topliss-reactive ketones (excluding diaryl/α,β-unsaturated/α-hetero) is 1. The number of aromatic carboxylic acids is 1. The van der Waals surface area contributed by atoms with E-state index in [1.54, 1.807) is 0 Å². The van der Waals surface area contributed by atoms with E-state index < -0.39 is 17.8 Å². The molecule has 0 aromatic heterocycles. The van der Waals surface area contributed by atoms with Gasteiger partial charge in [0.25, 0.3) is 0 Å². The minimum absolute atomic E-state index is 0.0627. The van der Waals surface area contributed by atoms with Crippen LogP contribution in [0.1, 0.15) is 40.0 Å². The maximum atomic E-state index is 12.1. The van der Waals surface area contributed by atoms with Crippen molar-refractivity contribution in [3.63, 3.8) is 0 Å². The Morgan fingerprint density at radius 1 is 1.21 bits per heavy atom. The van der Waals surface area contributed by atoms with Crippen LogP contribution >= 0.6 is 0 Å². The second-order valence-electron chi connectivity index (χ2n) is 4.37. The zero-order valence-electron chi connectivity index (χ0n) is 10.6. The molecule has 7 N–H and O–H groups in total. The van der Waals surface area contributed by atoms with Gasteiger partial charge < -0.3 is 22.3 Å². The Morgan fingerprint density at radius 3 is 2.47 bits per heavy atom. The second-order valence-corrected chi connectivity index (χ2v) is 4.37. The van der Waals surface area contributed by atoms with Gasteiger partial charge in [-0.15, -0.1) is 0 Å². The van der Waals surface area contributed by atoms with E-state index in [2.05, 4.69) is 0 Å². The number of carboxylic acid groups (broad SMARTS) is 1. The molecule has 0 radical (unpaired) electrons. The molecule has 0 spiro atoms. The van der Waals surface area contributed by atoms with E-state index in [1.165, 1.54) is 18.2 Å². The van der Waals surface area contributed by atoms with E-state index in [4.69, 9.17) is 22.3 Å². The number of nitrogens with two attached hydrogens (primary N) is 3. The van der Waals surface area contributed by atoms with Crippen molar-refractivity contribution in [3.05, 3.63) is 29.3 Å². The summed E-state index contributed by atoms with van der Waals surface area (Å²) in [5.74, 6) is -1.57. The van der Waals surface area contributed by atoms with Crippen LogP contribution < -0.4 is 17.2 Å². The molecule has 0 aliphatic heterocycles. The van der Waals surface area contributed by atoms with Crippen LogP contribution in [0.5, 0.6) is 0 Å². The molecule has 19 heavy (non-hydrogen) atoms. The highest BCUT2D eigenvalue weighted by molar-refractivity contribution is 6.08. The van der Waals surface area contributed by atoms with Gasteiger partial charge in [-0.3, -0.25) is 4.79 Å². The Bertz CT molecular complexity index is 474. The van der Waals surface area contributed by atoms with E-state index in [0.717, 1.165) is 12.8 Å². The van der Waals surface area contributed by atoms with Crippen LogP contribution in [0.4, 0.5) is 5.69 Å². The number of benzene rings is 1. The molecule has 0 saturated heterocycles. The molecule has 0 aliphatic rings. The molecule has 0 amide bonds. The third-order valence-electron chi connectivity index (χ3n) is 2.85. The first-order valence-electron chi connectivity index (χ1n) is 6.10. The molecule has 1 aromatic carbocycles. The third kappa shape index (κ3) is 4.04. The molecule has 1 aromatic rings. The summed E-state index contributed by atoms with van der Waals surface area (Å²) in [4.78, 5) is 23.2. The summed E-state index contributed by atoms with van der Waals surface area (Å²) in [5, 5.41) is 9.05. The van der Waals surface area contributed by atoms with Gasteiger partial charge >= 0.3 is 5.97 Å². The van der Waals surface area contributed by atoms with Gasteiger partial charge in [0, 0.05) is 11.3 Å². The highest BCUT2D eigenvalue weighted by atomic mass is 16.4. The molecule has 6 nitrogen and oxygen atoms in total. The van der Waals surface area contributed by atoms with E-state index >= 15 is 0 Å². The average Bonchev–Trinajstić information content (AvgIpc) is 2.37. The fraction of sp³-hybridized carbons (Fsp3) is 0.385. The summed E-state index contributed by atoms with van der Waals surface area (Å²) in [6, 6.07) is 3.39. The standard InChI is InChI=1S/C13H19N3O3/c14-6-2-1-3-11(16)12(17)10-7-8(15)4-5-9(10)13(18)19/h4-5,7,11H,1-3,6,14-16H2,(H,18,19). The summed E-state index contributed by atoms with van der Waals surface area (Å²) in [6.07, 6.45) is 1.99. The number of rotatable bonds is 7. The maximum absolute atomic E-state index is 12.1. The smallest absolute Gasteiger partial charge is 0.336 e. The van der Waals surface area contributed by atoms with Crippen molar-refractivity contribution < 1.29 is 14.7 Å². The highest BCUT2D eigenvalue weighted by Crippen LogP contribution is 2.17. The fourth-order valence-corrected chi connectivity index (χ4v) is 1.79. The number of carbonyl (C=O) groups is 2. The maximum Gasteiger partial charge on any atom is 0.336 e. The first-order valence-corrected chi connectivity index (χ1v) is 6.10. The van der Waals surface area contributed by atoms with Gasteiger partial charge in [-0.05, 0) is 37.6 Å². The third-order valence-corrected chi connectivity index (χ3v) is 2.85. The molecular weight excluding hydrogens is 246 g/mol. The van der Waals surface area contributed by atoms with Crippen molar-refractivity contribution >= 4 is 17.4 Å². The molecule has 1 rings (SSSR count). The van der Waals surface area contributed by atoms with Crippen LogP contribution in [-0.4, -0.2) is 29.4 Å². The number of anilines is 1. The Kier molecular flexibility index (Phi) is 5.47. The van der Waals surface area contributed by atoms with Crippen molar-refractivity contribution in [1.82, 2.24) is 0 Å². The molecule has 0 bridgehead atoms. The molecule has 0 aliphatic carbocycles. The molecule has 0 heterocycles. The number of unbranched alkanes of at least 4 members (excludes halogenated alkanes) is 1. The molecule has 0 saturated carbocycles. The zero-order valence-corrected chi connectivity index (χ0v) is 10.6. The van der Waals surface area contributed by atoms with Crippen LogP contribution in [0.15, 0.2) is 18.2 Å². The SMILES string of the molecule is NCCCCC(N)C(=O)c1cc(N)ccc1C(=O)O. The number of hydrogen-bond donors (Lipinski definition) is 4. The number of carboxylic acids is 1. The Balaban J connectivity index is 2.91. The molecule has 0 fully saturated rings. The normalized spacial score (nSPS) is 12.1. The summed E-state index contributed by atoms with van der Waals surface area (Å²) in [5.41, 5.74) is 17.1. The van der Waals surface area contributed by atoms with E-state index in [-0.39, 0.29) is 11.1 Å². The minimum atomic E-state index is -1.17. The molecular formula is C13H19N3O3. The van der Waals surface area contributed by atoms with Crippen LogP contribution in [0, 0.1) is 0 Å². The van der Waals surface area contributed by atoms with Crippen molar-refractivity contribution in [1.29, 1.82) is 0 Å². The Morgan fingerprint density at radius 2 is 1.89 bits per heavy atom. The summed E-state index contributed by atoms with van der Waals surface area (Å²) >= 11 is 0. The van der Waals surface area contributed by atoms with Crippen molar-refractivity contribution in [3.8, 4) is 0 Å². The van der Waals surface area contributed by atoms with E-state index in [9.17, 15) is 9.59 Å². The monoisotopic (exact) mass is 265 g/mol. The number of hydrogen-bond acceptors (Lipinski definition) is 5. The van der Waals surface area contributed by atoms with Crippen LogP contribution in [0.2, 0.25) is 0 Å². The number of ketones is 1. The molecule has 104 valence electrons. The molecule has 6 heteroatoms. The summed E-state index contributed by atoms with van der Waals surface area (Å²) in [7, 11) is 0. The average molecular weight is 265 g/mol. The number of carbonyl (C=O) groups excluding carboxylic acids is 1. The summed E-state index contributed by atoms with van der Waals surface area (Å²) in [6.45, 7) is 0.541. The van der Waals surface area contributed by atoms with Gasteiger partial charge in [-0.1, -0.05) is 6.42 Å². The highest BCUT2D eigenvalue weighted by Gasteiger charge is 2.21. The van der Waals surface area contributed by atoms with Gasteiger partial charge in [0.15, 0.2) is 5.78 Å². The van der Waals surface area contributed by atoms with Crippen molar-refractivity contribution in [2.24, 2.45) is 11.5 Å². The Hall–Kier alpha value is -1.92. The van der Waals surface area contributed by atoms with Gasteiger partial charge in [0.2, 0.25) is 0 Å². The van der Waals surface area contributed by atoms with E-state index in [1.807, 2.05) is 0 Å². The lowest BCUT2D eigenvalue weighted by Crippen LogP contribution is -2.31. The predicted octanol–water partition coefficient (Wildman–Crippen LogP) is 0.606. The van der Waals surface area contributed by atoms with E-state index in [0.29, 0.717) is 18.7 Å². The quantitative estimate of drug-likeness (QED) is 0.324. The van der Waals surface area contributed by atoms with Crippen molar-refractivity contribution in [2.75, 3.05) is 12.3 Å². The van der Waals surface area contributed by atoms with Crippen LogP contribution in [0.25, 0.3) is 0 Å². The fourth-order valence-electron chi connectivity index (χ4n) is 1.79. The second kappa shape index (κ2) is 6.86. The van der Waals surface area contributed by atoms with Gasteiger partial charge in [-0.25, -0.2) is 4.79 Å². The van der Waals surface area contributed by atoms with Gasteiger partial charge in [-0.2, -0.15) is 0 Å². The lowest BCUT2D eigenvalue weighted by molar-refractivity contribution is 0.0691. The number of nitrogen functional groups attached to an aromatic ring is 1. The Labute approximate surface area is 111 Å². The van der Waals surface area contributed by atoms with Gasteiger partial charge in [0.05, 0.1) is 11.6 Å². The van der Waals surface area contributed by atoms with Gasteiger partial charge in [0.1, 0.15) is 0 Å². The molecule has 1 atom stereocenters. The van der Waals surface area contributed by atoms with Crippen LogP contribution in [0.3, 0.4) is 0 Å². The lowest BCUT2D eigenvalue weighted by Gasteiger charge is -2.12. The first kappa shape index (κ1) is 15.1. The first-order chi connectivity index (χ1) is 8.97. The minimum Gasteiger partial charge on any atom is -0.478 e. The summed E-state index contributed by atoms with van der Waals surface area (Å²) < 4.78 is 0. The largest absolute Gasteiger partial charge is 0.478 e. The predicted molar refractivity (Wildman–Crippen MR) is 73.0 cm³/mol. The zero-order chi connectivity index (χ0) is 14.4. The lowest BCUT2D eigenvalue weighted by atomic mass is 9.95.